The van der Waals surface area contributed by atoms with Gasteiger partial charge in [-0.15, -0.1) is 23.1 Å². The molecule has 0 aliphatic rings. The number of hydrogen-bond donors (Lipinski definition) is 1. The average molecular weight is 452 g/mol. The van der Waals surface area contributed by atoms with Crippen LogP contribution in [0.3, 0.4) is 0 Å². The van der Waals surface area contributed by atoms with Gasteiger partial charge in [-0.05, 0) is 43.7 Å². The number of aromatic nitrogens is 2. The Morgan fingerprint density at radius 1 is 1.24 bits per heavy atom. The fraction of sp³-hybridized carbons (Fsp3) is 0.316. The number of carbonyl (C=O) groups is 1. The Labute approximate surface area is 177 Å². The van der Waals surface area contributed by atoms with Crippen LogP contribution in [-0.2, 0) is 15.8 Å². The first kappa shape index (κ1) is 21.5. The van der Waals surface area contributed by atoms with Crippen LogP contribution in [0.2, 0.25) is 0 Å². The Morgan fingerprint density at radius 3 is 2.52 bits per heavy atom. The van der Waals surface area contributed by atoms with Crippen LogP contribution < -0.4 is 9.86 Å². The van der Waals surface area contributed by atoms with Gasteiger partial charge in [0.25, 0.3) is 5.56 Å². The Balaban J connectivity index is 1.64. The summed E-state index contributed by atoms with van der Waals surface area (Å²) in [6.45, 7) is 3.88. The van der Waals surface area contributed by atoms with Crippen LogP contribution in [0.1, 0.15) is 26.6 Å². The summed E-state index contributed by atoms with van der Waals surface area (Å²) in [5.74, 6) is 1.12. The maximum absolute atomic E-state index is 12.4. The van der Waals surface area contributed by atoms with Crippen LogP contribution in [0, 0.1) is 13.8 Å². The van der Waals surface area contributed by atoms with Crippen molar-refractivity contribution in [3.8, 4) is 0 Å². The van der Waals surface area contributed by atoms with Gasteiger partial charge in [0.15, 0.2) is 5.78 Å². The number of Topliss-reactive ketones (excluding diaryl/α,β-unsaturated/α-hetero) is 1. The van der Waals surface area contributed by atoms with Crippen LogP contribution in [0.4, 0.5) is 5.69 Å². The van der Waals surface area contributed by atoms with Crippen molar-refractivity contribution in [1.82, 2.24) is 9.97 Å². The smallest absolute Gasteiger partial charge is 0.259 e. The number of nitrogens with one attached hydrogen (secondary N) is 1. The number of ketones is 1. The largest absolute Gasteiger partial charge is 0.309 e. The predicted octanol–water partition coefficient (Wildman–Crippen LogP) is 3.11. The van der Waals surface area contributed by atoms with Gasteiger partial charge in [0.05, 0.1) is 28.8 Å². The fourth-order valence-electron chi connectivity index (χ4n) is 2.74. The summed E-state index contributed by atoms with van der Waals surface area (Å²) in [5.41, 5.74) is 1.81. The first-order chi connectivity index (χ1) is 13.6. The van der Waals surface area contributed by atoms with Crippen molar-refractivity contribution in [1.29, 1.82) is 0 Å². The molecule has 0 radical (unpaired) electrons. The number of H-pyrrole nitrogens is 1. The van der Waals surface area contributed by atoms with Gasteiger partial charge in [0, 0.05) is 17.5 Å². The third-order valence-corrected chi connectivity index (χ3v) is 7.86. The van der Waals surface area contributed by atoms with Crippen LogP contribution in [0.15, 0.2) is 29.1 Å². The van der Waals surface area contributed by atoms with E-state index >= 15 is 0 Å². The van der Waals surface area contributed by atoms with E-state index in [4.69, 9.17) is 0 Å². The summed E-state index contributed by atoms with van der Waals surface area (Å²) in [6.07, 6.45) is 1.12. The molecule has 0 spiro atoms. The number of anilines is 1. The van der Waals surface area contributed by atoms with Gasteiger partial charge < -0.3 is 4.98 Å². The molecule has 154 valence electrons. The standard InChI is InChI=1S/C19H21N3O4S3/c1-11-12(2)28-19-17(11)18(24)20-16(21-19)10-27-9-15(23)13-5-7-14(8-6-13)22(3)29(4,25)26/h5-8H,9-10H2,1-4H3,(H,20,21,24). The van der Waals surface area contributed by atoms with E-state index in [1.165, 1.54) is 30.1 Å². The molecule has 0 saturated heterocycles. The number of benzene rings is 1. The average Bonchev–Trinajstić information content (AvgIpc) is 2.94. The molecular weight excluding hydrogens is 430 g/mol. The SMILES string of the molecule is Cc1sc2nc(CSCC(=O)c3ccc(N(C)S(C)(=O)=O)cc3)[nH]c(=O)c2c1C. The quantitative estimate of drug-likeness (QED) is 0.554. The number of aromatic amines is 1. The lowest BCUT2D eigenvalue weighted by Crippen LogP contribution is -2.24. The lowest BCUT2D eigenvalue weighted by Gasteiger charge is -2.16. The summed E-state index contributed by atoms with van der Waals surface area (Å²) >= 11 is 2.86. The Bertz CT molecular complexity index is 1230. The number of nitrogens with zero attached hydrogens (tertiary/aromatic N) is 2. The molecule has 2 heterocycles. The molecule has 29 heavy (non-hydrogen) atoms. The lowest BCUT2D eigenvalue weighted by atomic mass is 10.1. The molecule has 0 aliphatic carbocycles. The van der Waals surface area contributed by atoms with Crippen LogP contribution in [0.25, 0.3) is 10.2 Å². The molecule has 10 heteroatoms. The second kappa shape index (κ2) is 8.29. The number of sulfonamides is 1. The van der Waals surface area contributed by atoms with Gasteiger partial charge in [-0.3, -0.25) is 13.9 Å². The van der Waals surface area contributed by atoms with Gasteiger partial charge in [-0.25, -0.2) is 13.4 Å². The van der Waals surface area contributed by atoms with E-state index < -0.39 is 10.0 Å². The Morgan fingerprint density at radius 2 is 1.90 bits per heavy atom. The molecular formula is C19H21N3O4S3. The minimum atomic E-state index is -3.35. The molecule has 3 aromatic rings. The molecule has 1 N–H and O–H groups in total. The van der Waals surface area contributed by atoms with E-state index in [2.05, 4.69) is 9.97 Å². The van der Waals surface area contributed by atoms with Crippen molar-refractivity contribution in [2.75, 3.05) is 23.4 Å². The van der Waals surface area contributed by atoms with Crippen molar-refractivity contribution < 1.29 is 13.2 Å². The molecule has 3 rings (SSSR count). The molecule has 0 atom stereocenters. The maximum atomic E-state index is 12.4. The zero-order valence-electron chi connectivity index (χ0n) is 16.5. The van der Waals surface area contributed by atoms with Crippen molar-refractivity contribution in [2.45, 2.75) is 19.6 Å². The lowest BCUT2D eigenvalue weighted by molar-refractivity contribution is 0.102. The highest BCUT2D eigenvalue weighted by molar-refractivity contribution is 7.99. The molecule has 0 unspecified atom stereocenters. The normalized spacial score (nSPS) is 11.7. The van der Waals surface area contributed by atoms with E-state index in [1.807, 2.05) is 13.8 Å². The van der Waals surface area contributed by atoms with Gasteiger partial charge in [0.2, 0.25) is 10.0 Å². The number of aryl methyl sites for hydroxylation is 2. The molecule has 0 saturated carbocycles. The van der Waals surface area contributed by atoms with Crippen molar-refractivity contribution in [3.05, 3.63) is 56.4 Å². The second-order valence-corrected chi connectivity index (χ2v) is 10.9. The van der Waals surface area contributed by atoms with E-state index in [0.717, 1.165) is 25.8 Å². The van der Waals surface area contributed by atoms with Crippen LogP contribution in [0.5, 0.6) is 0 Å². The van der Waals surface area contributed by atoms with E-state index in [9.17, 15) is 18.0 Å². The summed E-state index contributed by atoms with van der Waals surface area (Å²) in [6, 6.07) is 6.44. The van der Waals surface area contributed by atoms with Crippen molar-refractivity contribution >= 4 is 54.8 Å². The molecule has 0 bridgehead atoms. The Kier molecular flexibility index (Phi) is 6.16. The summed E-state index contributed by atoms with van der Waals surface area (Å²) < 4.78 is 24.3. The molecule has 1 aromatic carbocycles. The summed E-state index contributed by atoms with van der Waals surface area (Å²) in [5, 5.41) is 0.636. The van der Waals surface area contributed by atoms with Gasteiger partial charge in [-0.1, -0.05) is 0 Å². The van der Waals surface area contributed by atoms with E-state index in [-0.39, 0.29) is 17.1 Å². The topological polar surface area (TPSA) is 100 Å². The van der Waals surface area contributed by atoms with Gasteiger partial charge in [-0.2, -0.15) is 0 Å². The first-order valence-electron chi connectivity index (χ1n) is 8.71. The summed E-state index contributed by atoms with van der Waals surface area (Å²) in [7, 11) is -1.88. The maximum Gasteiger partial charge on any atom is 0.259 e. The third kappa shape index (κ3) is 4.71. The highest BCUT2D eigenvalue weighted by Crippen LogP contribution is 2.26. The monoisotopic (exact) mass is 451 g/mol. The number of rotatable bonds is 7. The number of carbonyl (C=O) groups excluding carboxylic acids is 1. The van der Waals surface area contributed by atoms with Crippen molar-refractivity contribution in [2.24, 2.45) is 0 Å². The minimum absolute atomic E-state index is 0.0743. The highest BCUT2D eigenvalue weighted by Gasteiger charge is 2.14. The van der Waals surface area contributed by atoms with Gasteiger partial charge in [0.1, 0.15) is 10.7 Å². The number of thiophene rings is 1. The highest BCUT2D eigenvalue weighted by atomic mass is 32.2. The minimum Gasteiger partial charge on any atom is -0.309 e. The number of thioether (sulfide) groups is 1. The predicted molar refractivity (Wildman–Crippen MR) is 120 cm³/mol. The molecule has 0 amide bonds. The molecule has 2 aromatic heterocycles. The van der Waals surface area contributed by atoms with Crippen LogP contribution >= 0.6 is 23.1 Å². The third-order valence-electron chi connectivity index (χ3n) is 4.61. The second-order valence-electron chi connectivity index (χ2n) is 6.67. The van der Waals surface area contributed by atoms with Gasteiger partial charge >= 0.3 is 0 Å². The van der Waals surface area contributed by atoms with Crippen molar-refractivity contribution in [3.63, 3.8) is 0 Å². The first-order valence-corrected chi connectivity index (χ1v) is 12.5. The fourth-order valence-corrected chi connectivity index (χ4v) is 5.08. The van der Waals surface area contributed by atoms with E-state index in [0.29, 0.717) is 28.2 Å². The zero-order chi connectivity index (χ0) is 21.3. The van der Waals surface area contributed by atoms with E-state index in [1.54, 1.807) is 24.3 Å². The van der Waals surface area contributed by atoms with Crippen LogP contribution in [-0.4, -0.2) is 43.2 Å². The zero-order valence-corrected chi connectivity index (χ0v) is 18.9. The number of fused-ring (bicyclic) bond motifs is 1. The molecule has 7 nitrogen and oxygen atoms in total. The molecule has 0 aliphatic heterocycles. The molecule has 0 fully saturated rings. The number of hydrogen-bond acceptors (Lipinski definition) is 7. The summed E-state index contributed by atoms with van der Waals surface area (Å²) in [4.78, 5) is 33.8. The Hall–Kier alpha value is -2.17.